The van der Waals surface area contributed by atoms with E-state index >= 15 is 0 Å². The summed E-state index contributed by atoms with van der Waals surface area (Å²) in [5.41, 5.74) is 6.71. The maximum Gasteiger partial charge on any atom is 0.338 e. The van der Waals surface area contributed by atoms with E-state index in [1.54, 1.807) is 14.0 Å². The summed E-state index contributed by atoms with van der Waals surface area (Å²) < 4.78 is 19.9. The van der Waals surface area contributed by atoms with E-state index in [0.29, 0.717) is 16.4 Å². The van der Waals surface area contributed by atoms with Crippen molar-refractivity contribution < 1.29 is 13.9 Å². The van der Waals surface area contributed by atoms with Gasteiger partial charge in [0, 0.05) is 12.6 Å². The zero-order chi connectivity index (χ0) is 14.9. The van der Waals surface area contributed by atoms with E-state index < -0.39 is 11.8 Å². The molecular weight excluding hydrogens is 285 g/mol. The van der Waals surface area contributed by atoms with Gasteiger partial charge >= 0.3 is 5.97 Å². The van der Waals surface area contributed by atoms with Gasteiger partial charge in [0.1, 0.15) is 17.6 Å². The number of benzene rings is 1. The molecule has 0 saturated carbocycles. The van der Waals surface area contributed by atoms with Crippen LogP contribution in [0.4, 0.5) is 10.1 Å². The molecule has 0 saturated heterocycles. The second kappa shape index (κ2) is 5.50. The summed E-state index contributed by atoms with van der Waals surface area (Å²) in [5.74, 6) is -1.31. The number of halogens is 2. The Balaban J connectivity index is 2.10. The Hall–Kier alpha value is -2.08. The van der Waals surface area contributed by atoms with Crippen molar-refractivity contribution in [3.05, 3.63) is 46.0 Å². The van der Waals surface area contributed by atoms with Gasteiger partial charge in [-0.05, 0) is 25.1 Å². The highest BCUT2D eigenvalue weighted by atomic mass is 35.5. The Morgan fingerprint density at radius 2 is 2.25 bits per heavy atom. The van der Waals surface area contributed by atoms with Crippen molar-refractivity contribution in [1.82, 2.24) is 9.78 Å². The van der Waals surface area contributed by atoms with E-state index in [-0.39, 0.29) is 17.9 Å². The van der Waals surface area contributed by atoms with Gasteiger partial charge in [-0.25, -0.2) is 9.18 Å². The number of hydrogen-bond donors (Lipinski definition) is 1. The SMILES string of the molecule is Cc1nn(C)c(Cl)c1COC(=O)c1ccc(N)c(F)c1. The maximum atomic E-state index is 13.3. The second-order valence-electron chi connectivity index (χ2n) is 4.29. The number of aryl methyl sites for hydroxylation is 2. The van der Waals surface area contributed by atoms with Crippen LogP contribution >= 0.6 is 11.6 Å². The first-order chi connectivity index (χ1) is 9.40. The Bertz CT molecular complexity index is 670. The molecule has 0 spiro atoms. The standard InChI is InChI=1S/C13H13ClFN3O2/c1-7-9(12(14)18(2)17-7)6-20-13(19)8-3-4-11(16)10(15)5-8/h3-5H,6,16H2,1-2H3. The molecule has 0 radical (unpaired) electrons. The number of nitrogens with zero attached hydrogens (tertiary/aromatic N) is 2. The van der Waals surface area contributed by atoms with Crippen LogP contribution in [0, 0.1) is 12.7 Å². The fourth-order valence-electron chi connectivity index (χ4n) is 1.71. The van der Waals surface area contributed by atoms with E-state index in [2.05, 4.69) is 5.10 Å². The van der Waals surface area contributed by atoms with Gasteiger partial charge in [0.15, 0.2) is 0 Å². The van der Waals surface area contributed by atoms with Crippen LogP contribution in [-0.2, 0) is 18.4 Å². The summed E-state index contributed by atoms with van der Waals surface area (Å²) in [4.78, 5) is 11.8. The quantitative estimate of drug-likeness (QED) is 0.698. The fourth-order valence-corrected chi connectivity index (χ4v) is 1.94. The van der Waals surface area contributed by atoms with Crippen molar-refractivity contribution in [1.29, 1.82) is 0 Å². The first kappa shape index (κ1) is 14.3. The van der Waals surface area contributed by atoms with Crippen molar-refractivity contribution in [2.45, 2.75) is 13.5 Å². The second-order valence-corrected chi connectivity index (χ2v) is 4.65. The third-order valence-electron chi connectivity index (χ3n) is 2.85. The molecule has 2 N–H and O–H groups in total. The van der Waals surface area contributed by atoms with Gasteiger partial charge in [0.25, 0.3) is 0 Å². The van der Waals surface area contributed by atoms with Crippen molar-refractivity contribution in [2.24, 2.45) is 7.05 Å². The molecule has 1 aromatic heterocycles. The lowest BCUT2D eigenvalue weighted by molar-refractivity contribution is 0.0471. The zero-order valence-electron chi connectivity index (χ0n) is 11.0. The van der Waals surface area contributed by atoms with Gasteiger partial charge in [0.05, 0.1) is 16.9 Å². The first-order valence-corrected chi connectivity index (χ1v) is 6.18. The van der Waals surface area contributed by atoms with Gasteiger partial charge in [-0.15, -0.1) is 0 Å². The first-order valence-electron chi connectivity index (χ1n) is 5.80. The highest BCUT2D eigenvalue weighted by molar-refractivity contribution is 6.30. The average molecular weight is 298 g/mol. The van der Waals surface area contributed by atoms with Crippen molar-refractivity contribution in [3.63, 3.8) is 0 Å². The molecule has 1 aromatic carbocycles. The number of carbonyl (C=O) groups excluding carboxylic acids is 1. The summed E-state index contributed by atoms with van der Waals surface area (Å²) in [6.45, 7) is 1.74. The van der Waals surface area contributed by atoms with Crippen LogP contribution in [0.25, 0.3) is 0 Å². The lowest BCUT2D eigenvalue weighted by atomic mass is 10.2. The smallest absolute Gasteiger partial charge is 0.338 e. The van der Waals surface area contributed by atoms with E-state index in [1.807, 2.05) is 0 Å². The largest absolute Gasteiger partial charge is 0.457 e. The average Bonchev–Trinajstić information content (AvgIpc) is 2.64. The number of ether oxygens (including phenoxy) is 1. The summed E-state index contributed by atoms with van der Waals surface area (Å²) in [6.07, 6.45) is 0. The molecule has 1 heterocycles. The summed E-state index contributed by atoms with van der Waals surface area (Å²) in [7, 11) is 1.69. The number of aromatic nitrogens is 2. The molecule has 0 aliphatic carbocycles. The lowest BCUT2D eigenvalue weighted by Gasteiger charge is -2.05. The molecule has 20 heavy (non-hydrogen) atoms. The molecule has 0 atom stereocenters. The number of carbonyl (C=O) groups is 1. The van der Waals surface area contributed by atoms with Gasteiger partial charge in [-0.1, -0.05) is 11.6 Å². The molecule has 0 unspecified atom stereocenters. The number of nitrogens with two attached hydrogens (primary N) is 1. The van der Waals surface area contributed by atoms with Crippen molar-refractivity contribution in [3.8, 4) is 0 Å². The zero-order valence-corrected chi connectivity index (χ0v) is 11.7. The minimum Gasteiger partial charge on any atom is -0.457 e. The fraction of sp³-hybridized carbons (Fsp3) is 0.231. The Kier molecular flexibility index (Phi) is 3.94. The van der Waals surface area contributed by atoms with Crippen LogP contribution in [0.1, 0.15) is 21.6 Å². The highest BCUT2D eigenvalue weighted by Crippen LogP contribution is 2.20. The normalized spacial score (nSPS) is 10.6. The third-order valence-corrected chi connectivity index (χ3v) is 3.33. The van der Waals surface area contributed by atoms with Crippen LogP contribution in [0.3, 0.4) is 0 Å². The summed E-state index contributed by atoms with van der Waals surface area (Å²) in [6, 6.07) is 3.75. The van der Waals surface area contributed by atoms with Crippen molar-refractivity contribution >= 4 is 23.3 Å². The Morgan fingerprint density at radius 3 is 2.80 bits per heavy atom. The summed E-state index contributed by atoms with van der Waals surface area (Å²) in [5, 5.41) is 4.51. The van der Waals surface area contributed by atoms with Crippen LogP contribution in [0.5, 0.6) is 0 Å². The minimum absolute atomic E-state index is 0.0206. The molecule has 0 bridgehead atoms. The molecule has 0 amide bonds. The molecular formula is C13H13ClFN3O2. The lowest BCUT2D eigenvalue weighted by Crippen LogP contribution is -2.07. The molecule has 0 aliphatic heterocycles. The molecule has 7 heteroatoms. The molecule has 0 fully saturated rings. The molecule has 0 aliphatic rings. The minimum atomic E-state index is -0.657. The van der Waals surface area contributed by atoms with Gasteiger partial charge in [-0.3, -0.25) is 4.68 Å². The number of rotatable bonds is 3. The monoisotopic (exact) mass is 297 g/mol. The van der Waals surface area contributed by atoms with E-state index in [1.165, 1.54) is 16.8 Å². The van der Waals surface area contributed by atoms with Gasteiger partial charge in [-0.2, -0.15) is 5.10 Å². The molecule has 2 aromatic rings. The van der Waals surface area contributed by atoms with Crippen LogP contribution < -0.4 is 5.73 Å². The highest BCUT2D eigenvalue weighted by Gasteiger charge is 2.15. The number of esters is 1. The molecule has 5 nitrogen and oxygen atoms in total. The third kappa shape index (κ3) is 2.75. The number of nitrogen functional groups attached to an aromatic ring is 1. The summed E-state index contributed by atoms with van der Waals surface area (Å²) >= 11 is 6.02. The number of hydrogen-bond acceptors (Lipinski definition) is 4. The Labute approximate surface area is 120 Å². The predicted molar refractivity (Wildman–Crippen MR) is 72.9 cm³/mol. The Morgan fingerprint density at radius 1 is 1.55 bits per heavy atom. The predicted octanol–water partition coefficient (Wildman–Crippen LogP) is 2.46. The van der Waals surface area contributed by atoms with Gasteiger partial charge < -0.3 is 10.5 Å². The van der Waals surface area contributed by atoms with Crippen molar-refractivity contribution in [2.75, 3.05) is 5.73 Å². The van der Waals surface area contributed by atoms with E-state index in [4.69, 9.17) is 22.1 Å². The van der Waals surface area contributed by atoms with Crippen LogP contribution in [0.15, 0.2) is 18.2 Å². The maximum absolute atomic E-state index is 13.3. The van der Waals surface area contributed by atoms with E-state index in [9.17, 15) is 9.18 Å². The topological polar surface area (TPSA) is 70.1 Å². The van der Waals surface area contributed by atoms with Gasteiger partial charge in [0.2, 0.25) is 0 Å². The van der Waals surface area contributed by atoms with Crippen LogP contribution in [-0.4, -0.2) is 15.7 Å². The molecule has 2 rings (SSSR count). The van der Waals surface area contributed by atoms with Crippen LogP contribution in [0.2, 0.25) is 5.15 Å². The van der Waals surface area contributed by atoms with E-state index in [0.717, 1.165) is 6.07 Å². The number of anilines is 1. The molecule has 106 valence electrons.